The lowest BCUT2D eigenvalue weighted by Crippen LogP contribution is -2.32. The molecule has 1 heterocycles. The Kier molecular flexibility index (Phi) is 4.38. The van der Waals surface area contributed by atoms with Crippen LogP contribution >= 0.6 is 11.6 Å². The molecule has 3 nitrogen and oxygen atoms in total. The largest absolute Gasteiger partial charge is 0.349 e. The number of aromatic nitrogens is 1. The number of amides is 1. The maximum absolute atomic E-state index is 12.2. The predicted octanol–water partition coefficient (Wildman–Crippen LogP) is 3.23. The Bertz CT molecular complexity index is 578. The molecule has 1 aromatic carbocycles. The molecular weight excluding hydrogens is 260 g/mol. The van der Waals surface area contributed by atoms with Gasteiger partial charge in [0.15, 0.2) is 0 Å². The van der Waals surface area contributed by atoms with E-state index in [0.29, 0.717) is 18.2 Å². The molecule has 1 N–H and O–H groups in total. The minimum Gasteiger partial charge on any atom is -0.349 e. The molecule has 4 heteroatoms. The van der Waals surface area contributed by atoms with Crippen molar-refractivity contribution in [1.82, 2.24) is 10.3 Å². The van der Waals surface area contributed by atoms with Crippen molar-refractivity contribution in [3.63, 3.8) is 0 Å². The number of hydrogen-bond acceptors (Lipinski definition) is 2. The van der Waals surface area contributed by atoms with Crippen molar-refractivity contribution in [3.05, 3.63) is 42.2 Å². The van der Waals surface area contributed by atoms with Crippen molar-refractivity contribution in [1.29, 1.82) is 0 Å². The number of benzene rings is 1. The van der Waals surface area contributed by atoms with Crippen molar-refractivity contribution < 1.29 is 4.79 Å². The molecule has 0 bridgehead atoms. The van der Waals surface area contributed by atoms with Crippen LogP contribution in [0.1, 0.15) is 24.3 Å². The van der Waals surface area contributed by atoms with Crippen molar-refractivity contribution in [2.75, 3.05) is 6.54 Å². The second-order valence-corrected chi connectivity index (χ2v) is 5.41. The van der Waals surface area contributed by atoms with Gasteiger partial charge in [0.05, 0.1) is 5.38 Å². The summed E-state index contributed by atoms with van der Waals surface area (Å²) in [4.78, 5) is 16.3. The monoisotopic (exact) mass is 276 g/mol. The lowest BCUT2D eigenvalue weighted by atomic mass is 10.1. The maximum atomic E-state index is 12.2. The molecule has 19 heavy (non-hydrogen) atoms. The van der Waals surface area contributed by atoms with E-state index in [2.05, 4.69) is 10.3 Å². The summed E-state index contributed by atoms with van der Waals surface area (Å²) in [7, 11) is 0. The van der Waals surface area contributed by atoms with Crippen LogP contribution < -0.4 is 5.32 Å². The highest BCUT2D eigenvalue weighted by Gasteiger charge is 2.14. The first-order valence-electron chi connectivity index (χ1n) is 6.35. The fourth-order valence-electron chi connectivity index (χ4n) is 1.81. The van der Waals surface area contributed by atoms with Gasteiger partial charge in [-0.1, -0.05) is 38.1 Å². The van der Waals surface area contributed by atoms with Gasteiger partial charge in [-0.3, -0.25) is 9.78 Å². The Morgan fingerprint density at radius 3 is 2.79 bits per heavy atom. The third kappa shape index (κ3) is 3.24. The minimum atomic E-state index is -0.178. The summed E-state index contributed by atoms with van der Waals surface area (Å²) in [5.74, 6) is 0.144. The lowest BCUT2D eigenvalue weighted by molar-refractivity contribution is 0.0949. The molecule has 0 spiro atoms. The first kappa shape index (κ1) is 13.8. The number of fused-ring (bicyclic) bond motifs is 1. The number of hydrogen-bond donors (Lipinski definition) is 1. The van der Waals surface area contributed by atoms with Crippen LogP contribution in [0.25, 0.3) is 10.8 Å². The molecule has 1 unspecified atom stereocenters. The molecule has 0 radical (unpaired) electrons. The van der Waals surface area contributed by atoms with Crippen molar-refractivity contribution in [2.24, 2.45) is 5.92 Å². The molecular formula is C15H17ClN2O. The summed E-state index contributed by atoms with van der Waals surface area (Å²) in [6, 6.07) is 9.60. The number of nitrogens with zero attached hydrogens (tertiary/aromatic N) is 1. The molecule has 0 aliphatic heterocycles. The number of pyridine rings is 1. The van der Waals surface area contributed by atoms with Gasteiger partial charge in [-0.05, 0) is 17.4 Å². The van der Waals surface area contributed by atoms with E-state index in [1.807, 2.05) is 44.2 Å². The van der Waals surface area contributed by atoms with Gasteiger partial charge in [-0.15, -0.1) is 11.6 Å². The molecule has 0 aliphatic rings. The van der Waals surface area contributed by atoms with E-state index in [0.717, 1.165) is 10.8 Å². The second kappa shape index (κ2) is 6.02. The molecule has 100 valence electrons. The fraction of sp³-hybridized carbons (Fsp3) is 0.333. The highest BCUT2D eigenvalue weighted by molar-refractivity contribution is 6.21. The van der Waals surface area contributed by atoms with Crippen LogP contribution in [0.4, 0.5) is 0 Å². The molecule has 0 fully saturated rings. The van der Waals surface area contributed by atoms with Crippen LogP contribution in [0.3, 0.4) is 0 Å². The normalized spacial score (nSPS) is 12.6. The highest BCUT2D eigenvalue weighted by Crippen LogP contribution is 2.16. The molecule has 0 saturated carbocycles. The van der Waals surface area contributed by atoms with E-state index < -0.39 is 0 Å². The molecule has 0 saturated heterocycles. The first-order valence-corrected chi connectivity index (χ1v) is 6.79. The minimum absolute atomic E-state index is 0.0704. The van der Waals surface area contributed by atoms with E-state index in [9.17, 15) is 4.79 Å². The van der Waals surface area contributed by atoms with Crippen molar-refractivity contribution in [2.45, 2.75) is 19.2 Å². The Morgan fingerprint density at radius 2 is 2.05 bits per heavy atom. The molecule has 0 aliphatic carbocycles. The number of carbonyl (C=O) groups excluding carboxylic acids is 1. The van der Waals surface area contributed by atoms with Gasteiger partial charge < -0.3 is 5.32 Å². The van der Waals surface area contributed by atoms with Crippen LogP contribution in [-0.2, 0) is 0 Å². The van der Waals surface area contributed by atoms with Crippen LogP contribution in [0.15, 0.2) is 36.5 Å². The zero-order chi connectivity index (χ0) is 13.8. The van der Waals surface area contributed by atoms with Gasteiger partial charge in [-0.2, -0.15) is 0 Å². The quantitative estimate of drug-likeness (QED) is 0.871. The topological polar surface area (TPSA) is 42.0 Å². The predicted molar refractivity (Wildman–Crippen MR) is 78.6 cm³/mol. The Balaban J connectivity index is 2.18. The molecule has 1 aromatic heterocycles. The lowest BCUT2D eigenvalue weighted by Gasteiger charge is -2.14. The van der Waals surface area contributed by atoms with Gasteiger partial charge in [0.25, 0.3) is 5.91 Å². The van der Waals surface area contributed by atoms with Gasteiger partial charge in [0.1, 0.15) is 5.69 Å². The van der Waals surface area contributed by atoms with E-state index in [1.165, 1.54) is 0 Å². The van der Waals surface area contributed by atoms with Gasteiger partial charge >= 0.3 is 0 Å². The van der Waals surface area contributed by atoms with Crippen molar-refractivity contribution >= 4 is 28.3 Å². The first-order chi connectivity index (χ1) is 9.09. The molecule has 2 aromatic rings. The van der Waals surface area contributed by atoms with E-state index >= 15 is 0 Å². The van der Waals surface area contributed by atoms with Crippen LogP contribution in [0, 0.1) is 5.92 Å². The summed E-state index contributed by atoms with van der Waals surface area (Å²) < 4.78 is 0. The molecule has 1 atom stereocenters. The summed E-state index contributed by atoms with van der Waals surface area (Å²) in [6.45, 7) is 4.50. The number of carbonyl (C=O) groups is 1. The Morgan fingerprint density at radius 1 is 1.32 bits per heavy atom. The highest BCUT2D eigenvalue weighted by atomic mass is 35.5. The number of nitrogens with one attached hydrogen (secondary N) is 1. The number of alkyl halides is 1. The Hall–Kier alpha value is -1.61. The third-order valence-electron chi connectivity index (χ3n) is 3.07. The van der Waals surface area contributed by atoms with E-state index in [1.54, 1.807) is 6.20 Å². The maximum Gasteiger partial charge on any atom is 0.270 e. The third-order valence-corrected chi connectivity index (χ3v) is 3.73. The van der Waals surface area contributed by atoms with E-state index in [-0.39, 0.29) is 11.3 Å². The summed E-state index contributed by atoms with van der Waals surface area (Å²) in [6.07, 6.45) is 1.65. The number of halogens is 1. The summed E-state index contributed by atoms with van der Waals surface area (Å²) in [5, 5.41) is 4.64. The second-order valence-electron chi connectivity index (χ2n) is 4.85. The summed E-state index contributed by atoms with van der Waals surface area (Å²) in [5.41, 5.74) is 0.450. The molecule has 2 rings (SSSR count). The molecule has 1 amide bonds. The average Bonchev–Trinajstić information content (AvgIpc) is 2.43. The SMILES string of the molecule is CC(C)C(Cl)CNC(=O)c1nccc2ccccc12. The summed E-state index contributed by atoms with van der Waals surface area (Å²) >= 11 is 6.13. The van der Waals surface area contributed by atoms with Gasteiger partial charge in [0.2, 0.25) is 0 Å². The van der Waals surface area contributed by atoms with Crippen molar-refractivity contribution in [3.8, 4) is 0 Å². The van der Waals surface area contributed by atoms with Gasteiger partial charge in [0, 0.05) is 18.1 Å². The van der Waals surface area contributed by atoms with Gasteiger partial charge in [-0.25, -0.2) is 0 Å². The standard InChI is InChI=1S/C15H17ClN2O/c1-10(2)13(16)9-18-15(19)14-12-6-4-3-5-11(12)7-8-17-14/h3-8,10,13H,9H2,1-2H3,(H,18,19). The van der Waals surface area contributed by atoms with E-state index in [4.69, 9.17) is 11.6 Å². The van der Waals surface area contributed by atoms with Crippen LogP contribution in [-0.4, -0.2) is 22.8 Å². The average molecular weight is 277 g/mol. The zero-order valence-electron chi connectivity index (χ0n) is 11.1. The Labute approximate surface area is 118 Å². The fourth-order valence-corrected chi connectivity index (χ4v) is 1.89. The zero-order valence-corrected chi connectivity index (χ0v) is 11.8. The number of rotatable bonds is 4. The van der Waals surface area contributed by atoms with Crippen LogP contribution in [0.5, 0.6) is 0 Å². The van der Waals surface area contributed by atoms with Crippen LogP contribution in [0.2, 0.25) is 0 Å². The smallest absolute Gasteiger partial charge is 0.270 e.